The summed E-state index contributed by atoms with van der Waals surface area (Å²) in [6, 6.07) is 5.92. The van der Waals surface area contributed by atoms with Crippen molar-refractivity contribution in [2.75, 3.05) is 6.54 Å². The predicted octanol–water partition coefficient (Wildman–Crippen LogP) is 3.39. The second kappa shape index (κ2) is 6.73. The highest BCUT2D eigenvalue weighted by atomic mass is 35.5. The van der Waals surface area contributed by atoms with E-state index in [1.54, 1.807) is 30.4 Å². The van der Waals surface area contributed by atoms with Crippen molar-refractivity contribution < 1.29 is 0 Å². The number of rotatable bonds is 5. The number of nitrogens with one attached hydrogen (secondary N) is 1. The zero-order valence-electron chi connectivity index (χ0n) is 10.1. The van der Waals surface area contributed by atoms with E-state index in [-0.39, 0.29) is 0 Å². The normalized spacial score (nSPS) is 10.6. The van der Waals surface area contributed by atoms with Crippen LogP contribution in [-0.2, 0) is 6.54 Å². The summed E-state index contributed by atoms with van der Waals surface area (Å²) in [5, 5.41) is 4.93. The second-order valence-corrected chi connectivity index (χ2v) is 5.18. The Morgan fingerprint density at radius 1 is 1.33 bits per heavy atom. The first-order chi connectivity index (χ1) is 8.79. The number of hydrogen-bond donors (Lipinski definition) is 1. The van der Waals surface area contributed by atoms with Crippen LogP contribution in [0, 0.1) is 0 Å². The zero-order valence-corrected chi connectivity index (χ0v) is 11.6. The lowest BCUT2D eigenvalue weighted by molar-refractivity contribution is 0.718. The Bertz CT molecular complexity index is 505. The third-order valence-electron chi connectivity index (χ3n) is 2.35. The maximum atomic E-state index is 6.05. The minimum Gasteiger partial charge on any atom is -0.313 e. The van der Waals surface area contributed by atoms with Gasteiger partial charge in [0.05, 0.1) is 6.20 Å². The molecule has 1 aromatic carbocycles. The van der Waals surface area contributed by atoms with Crippen LogP contribution >= 0.6 is 23.4 Å². The number of benzene rings is 1. The van der Waals surface area contributed by atoms with Gasteiger partial charge in [-0.1, -0.05) is 36.4 Å². The summed E-state index contributed by atoms with van der Waals surface area (Å²) in [6.45, 7) is 3.86. The minimum absolute atomic E-state index is 0.738. The number of hydrogen-bond acceptors (Lipinski definition) is 4. The molecule has 0 unspecified atom stereocenters. The van der Waals surface area contributed by atoms with Crippen molar-refractivity contribution in [1.29, 1.82) is 0 Å². The van der Waals surface area contributed by atoms with E-state index in [1.165, 1.54) is 5.56 Å². The van der Waals surface area contributed by atoms with Gasteiger partial charge >= 0.3 is 0 Å². The molecule has 0 saturated carbocycles. The molecule has 0 saturated heterocycles. The van der Waals surface area contributed by atoms with Gasteiger partial charge in [0.1, 0.15) is 5.03 Å². The Balaban J connectivity index is 2.22. The van der Waals surface area contributed by atoms with Gasteiger partial charge in [0, 0.05) is 28.9 Å². The van der Waals surface area contributed by atoms with E-state index in [9.17, 15) is 0 Å². The molecule has 0 amide bonds. The van der Waals surface area contributed by atoms with Gasteiger partial charge in [-0.3, -0.25) is 4.98 Å². The molecule has 0 aliphatic carbocycles. The average Bonchev–Trinajstić information content (AvgIpc) is 2.39. The van der Waals surface area contributed by atoms with E-state index in [1.807, 2.05) is 18.2 Å². The van der Waals surface area contributed by atoms with Crippen LogP contribution in [0.25, 0.3) is 0 Å². The van der Waals surface area contributed by atoms with Gasteiger partial charge in [0.15, 0.2) is 0 Å². The zero-order chi connectivity index (χ0) is 12.8. The molecule has 0 atom stereocenters. The van der Waals surface area contributed by atoms with Crippen molar-refractivity contribution in [3.8, 4) is 0 Å². The van der Waals surface area contributed by atoms with Gasteiger partial charge in [-0.05, 0) is 24.2 Å². The van der Waals surface area contributed by atoms with Gasteiger partial charge in [-0.2, -0.15) is 0 Å². The van der Waals surface area contributed by atoms with E-state index in [4.69, 9.17) is 11.6 Å². The summed E-state index contributed by atoms with van der Waals surface area (Å²) in [6.07, 6.45) is 5.11. The lowest BCUT2D eigenvalue weighted by atomic mass is 10.2. The smallest absolute Gasteiger partial charge is 0.119 e. The van der Waals surface area contributed by atoms with E-state index < -0.39 is 0 Å². The molecule has 0 fully saturated rings. The molecular formula is C13H14ClN3S. The largest absolute Gasteiger partial charge is 0.313 e. The first-order valence-electron chi connectivity index (χ1n) is 5.72. The standard InChI is InChI=1S/C13H14ClN3S/c1-2-15-8-10-3-4-11(14)7-12(10)18-13-9-16-5-6-17-13/h3-7,9,15H,2,8H2,1H3. The highest BCUT2D eigenvalue weighted by molar-refractivity contribution is 7.99. The first kappa shape index (κ1) is 13.3. The SMILES string of the molecule is CCNCc1ccc(Cl)cc1Sc1cnccn1. The van der Waals surface area contributed by atoms with Crippen LogP contribution < -0.4 is 5.32 Å². The average molecular weight is 280 g/mol. The molecule has 0 aliphatic rings. The minimum atomic E-state index is 0.738. The molecule has 2 rings (SSSR count). The fraction of sp³-hybridized carbons (Fsp3) is 0.231. The van der Waals surface area contributed by atoms with E-state index in [2.05, 4.69) is 22.2 Å². The molecule has 1 N–H and O–H groups in total. The third-order valence-corrected chi connectivity index (χ3v) is 3.60. The number of aromatic nitrogens is 2. The Morgan fingerprint density at radius 3 is 2.94 bits per heavy atom. The maximum absolute atomic E-state index is 6.05. The summed E-state index contributed by atoms with van der Waals surface area (Å²) >= 11 is 7.63. The van der Waals surface area contributed by atoms with Gasteiger partial charge in [-0.25, -0.2) is 4.98 Å². The van der Waals surface area contributed by atoms with Crippen molar-refractivity contribution in [3.05, 3.63) is 47.4 Å². The van der Waals surface area contributed by atoms with Crippen molar-refractivity contribution in [3.63, 3.8) is 0 Å². The van der Waals surface area contributed by atoms with Crippen LogP contribution in [0.4, 0.5) is 0 Å². The summed E-state index contributed by atoms with van der Waals surface area (Å²) in [5.74, 6) is 0. The molecule has 0 spiro atoms. The van der Waals surface area contributed by atoms with Crippen LogP contribution in [-0.4, -0.2) is 16.5 Å². The molecule has 2 aromatic rings. The number of nitrogens with zero attached hydrogens (tertiary/aromatic N) is 2. The molecule has 1 aromatic heterocycles. The monoisotopic (exact) mass is 279 g/mol. The van der Waals surface area contributed by atoms with Gasteiger partial charge in [0.25, 0.3) is 0 Å². The summed E-state index contributed by atoms with van der Waals surface area (Å²) in [4.78, 5) is 9.44. The van der Waals surface area contributed by atoms with E-state index >= 15 is 0 Å². The van der Waals surface area contributed by atoms with E-state index in [0.717, 1.165) is 28.0 Å². The predicted molar refractivity (Wildman–Crippen MR) is 75.0 cm³/mol. The molecule has 5 heteroatoms. The fourth-order valence-electron chi connectivity index (χ4n) is 1.48. The highest BCUT2D eigenvalue weighted by Gasteiger charge is 2.06. The van der Waals surface area contributed by atoms with Crippen molar-refractivity contribution in [2.24, 2.45) is 0 Å². The molecule has 18 heavy (non-hydrogen) atoms. The lowest BCUT2D eigenvalue weighted by Gasteiger charge is -2.09. The van der Waals surface area contributed by atoms with Crippen LogP contribution in [0.1, 0.15) is 12.5 Å². The van der Waals surface area contributed by atoms with Gasteiger partial charge in [0.2, 0.25) is 0 Å². The highest BCUT2D eigenvalue weighted by Crippen LogP contribution is 2.30. The Labute approximate surface area is 116 Å². The third kappa shape index (κ3) is 3.70. The van der Waals surface area contributed by atoms with Crippen molar-refractivity contribution >= 4 is 23.4 Å². The summed E-state index contributed by atoms with van der Waals surface area (Å²) < 4.78 is 0. The van der Waals surface area contributed by atoms with Gasteiger partial charge in [-0.15, -0.1) is 0 Å². The first-order valence-corrected chi connectivity index (χ1v) is 6.92. The molecule has 0 bridgehead atoms. The summed E-state index contributed by atoms with van der Waals surface area (Å²) in [7, 11) is 0. The van der Waals surface area contributed by atoms with Crippen LogP contribution in [0.15, 0.2) is 46.7 Å². The molecule has 0 radical (unpaired) electrons. The maximum Gasteiger partial charge on any atom is 0.119 e. The van der Waals surface area contributed by atoms with E-state index in [0.29, 0.717) is 0 Å². The molecular weight excluding hydrogens is 266 g/mol. The van der Waals surface area contributed by atoms with Crippen LogP contribution in [0.3, 0.4) is 0 Å². The summed E-state index contributed by atoms with van der Waals surface area (Å²) in [5.41, 5.74) is 1.22. The molecule has 1 heterocycles. The van der Waals surface area contributed by atoms with Crippen LogP contribution in [0.2, 0.25) is 5.02 Å². The fourth-order valence-corrected chi connectivity index (χ4v) is 2.63. The molecule has 3 nitrogen and oxygen atoms in total. The second-order valence-electron chi connectivity index (χ2n) is 3.68. The Kier molecular flexibility index (Phi) is 4.99. The van der Waals surface area contributed by atoms with Crippen molar-refractivity contribution in [2.45, 2.75) is 23.4 Å². The lowest BCUT2D eigenvalue weighted by Crippen LogP contribution is -2.12. The van der Waals surface area contributed by atoms with Gasteiger partial charge < -0.3 is 5.32 Å². The topological polar surface area (TPSA) is 37.8 Å². The Morgan fingerprint density at radius 2 is 2.22 bits per heavy atom. The van der Waals surface area contributed by atoms with Crippen molar-refractivity contribution in [1.82, 2.24) is 15.3 Å². The quantitative estimate of drug-likeness (QED) is 0.910. The Hall–Kier alpha value is -1.10. The number of halogens is 1. The van der Waals surface area contributed by atoms with Crippen LogP contribution in [0.5, 0.6) is 0 Å². The molecule has 94 valence electrons. The molecule has 0 aliphatic heterocycles.